The van der Waals surface area contributed by atoms with Gasteiger partial charge in [0.15, 0.2) is 0 Å². The van der Waals surface area contributed by atoms with Gasteiger partial charge in [0.25, 0.3) is 0 Å². The van der Waals surface area contributed by atoms with E-state index in [1.807, 2.05) is 81.8 Å². The summed E-state index contributed by atoms with van der Waals surface area (Å²) in [5.41, 5.74) is 4.53. The van der Waals surface area contributed by atoms with Gasteiger partial charge in [0.2, 0.25) is 0 Å². The summed E-state index contributed by atoms with van der Waals surface area (Å²) in [6, 6.07) is 18.6. The molecule has 11 heteroatoms. The Hall–Kier alpha value is -5.11. The number of ether oxygens (including phenoxy) is 2. The van der Waals surface area contributed by atoms with E-state index in [0.29, 0.717) is 29.0 Å². The molecule has 6 atom stereocenters. The van der Waals surface area contributed by atoms with Crippen molar-refractivity contribution in [1.29, 1.82) is 5.26 Å². The SMILES string of the molecule is CC(C)(C)OC(=O)N1[C@@H]2C[C@@H]2C[C@H]1c1nc(-c2ccc(-c3ccc(-c4nc([C@@H]5C[C@H]6C[C@H]6N5C(=O)OC(C)(C)C)[nH]c4C#N)cc3)cc2)c[nH]1. The van der Waals surface area contributed by atoms with Crippen LogP contribution in [0.15, 0.2) is 54.7 Å². The number of amides is 2. The Balaban J connectivity index is 0.967. The van der Waals surface area contributed by atoms with Crippen molar-refractivity contribution >= 4 is 12.2 Å². The number of piperidine rings is 2. The largest absolute Gasteiger partial charge is 0.444 e. The van der Waals surface area contributed by atoms with Gasteiger partial charge in [-0.3, -0.25) is 9.80 Å². The number of hydrogen-bond donors (Lipinski definition) is 2. The summed E-state index contributed by atoms with van der Waals surface area (Å²) in [5.74, 6) is 2.37. The molecule has 2 saturated heterocycles. The zero-order chi connectivity index (χ0) is 35.1. The molecular formula is C39H43N7O4. The number of aromatic nitrogens is 4. The minimum Gasteiger partial charge on any atom is -0.444 e. The number of H-pyrrole nitrogens is 2. The summed E-state index contributed by atoms with van der Waals surface area (Å²) in [6.45, 7) is 11.3. The quantitative estimate of drug-likeness (QED) is 0.218. The third kappa shape index (κ3) is 6.01. The minimum atomic E-state index is -0.590. The van der Waals surface area contributed by atoms with Crippen molar-refractivity contribution in [2.75, 3.05) is 0 Å². The Kier molecular flexibility index (Phi) is 7.37. The van der Waals surface area contributed by atoms with Crippen molar-refractivity contribution in [2.45, 2.75) is 103 Å². The summed E-state index contributed by atoms with van der Waals surface area (Å²) in [5, 5.41) is 9.97. The minimum absolute atomic E-state index is 0.111. The predicted octanol–water partition coefficient (Wildman–Crippen LogP) is 8.15. The first-order valence-electron chi connectivity index (χ1n) is 17.6. The van der Waals surface area contributed by atoms with Crippen LogP contribution >= 0.6 is 0 Å². The van der Waals surface area contributed by atoms with Gasteiger partial charge in [0.05, 0.1) is 17.8 Å². The lowest BCUT2D eigenvalue weighted by Gasteiger charge is -2.29. The lowest BCUT2D eigenvalue weighted by atomic mass is 10.0. The van der Waals surface area contributed by atoms with Gasteiger partial charge in [-0.1, -0.05) is 48.5 Å². The van der Waals surface area contributed by atoms with Gasteiger partial charge in [-0.25, -0.2) is 19.6 Å². The van der Waals surface area contributed by atoms with Gasteiger partial charge < -0.3 is 19.4 Å². The van der Waals surface area contributed by atoms with Gasteiger partial charge in [-0.05, 0) is 90.2 Å². The molecule has 2 N–H and O–H groups in total. The number of imidazole rings is 2. The molecule has 2 aliphatic carbocycles. The lowest BCUT2D eigenvalue weighted by Crippen LogP contribution is -2.38. The van der Waals surface area contributed by atoms with E-state index in [0.717, 1.165) is 59.5 Å². The van der Waals surface area contributed by atoms with E-state index in [1.165, 1.54) is 0 Å². The van der Waals surface area contributed by atoms with Crippen LogP contribution in [-0.2, 0) is 9.47 Å². The molecular weight excluding hydrogens is 630 g/mol. The highest BCUT2D eigenvalue weighted by atomic mass is 16.6. The van der Waals surface area contributed by atoms with Gasteiger partial charge in [-0.2, -0.15) is 5.26 Å². The van der Waals surface area contributed by atoms with Crippen molar-refractivity contribution in [2.24, 2.45) is 11.8 Å². The van der Waals surface area contributed by atoms with Crippen LogP contribution < -0.4 is 0 Å². The number of benzene rings is 2. The molecule has 4 aromatic rings. The fourth-order valence-electron chi connectivity index (χ4n) is 7.70. The Bertz CT molecular complexity index is 1990. The highest BCUT2D eigenvalue weighted by Crippen LogP contribution is 2.54. The molecule has 11 nitrogen and oxygen atoms in total. The van der Waals surface area contributed by atoms with E-state index < -0.39 is 11.2 Å². The number of hydrogen-bond acceptors (Lipinski definition) is 7. The van der Waals surface area contributed by atoms with Crippen LogP contribution in [0, 0.1) is 23.2 Å². The second-order valence-corrected chi connectivity index (χ2v) is 16.2. The maximum atomic E-state index is 13.1. The number of carbonyl (C=O) groups excluding carboxylic acids is 2. The fourth-order valence-corrected chi connectivity index (χ4v) is 7.70. The number of aromatic amines is 2. The van der Waals surface area contributed by atoms with Crippen LogP contribution in [0.4, 0.5) is 9.59 Å². The van der Waals surface area contributed by atoms with E-state index in [1.54, 1.807) is 0 Å². The number of rotatable bonds is 5. The highest BCUT2D eigenvalue weighted by molar-refractivity contribution is 5.74. The number of nitriles is 1. The molecule has 50 heavy (non-hydrogen) atoms. The van der Waals surface area contributed by atoms with E-state index in [-0.39, 0.29) is 36.4 Å². The monoisotopic (exact) mass is 673 g/mol. The zero-order valence-electron chi connectivity index (χ0n) is 29.4. The predicted molar refractivity (Wildman–Crippen MR) is 186 cm³/mol. The molecule has 2 aromatic carbocycles. The van der Waals surface area contributed by atoms with Gasteiger partial charge in [0, 0.05) is 29.4 Å². The third-order valence-electron chi connectivity index (χ3n) is 10.2. The zero-order valence-corrected chi connectivity index (χ0v) is 29.4. The number of fused-ring (bicyclic) bond motifs is 2. The summed E-state index contributed by atoms with van der Waals surface area (Å²) < 4.78 is 11.4. The van der Waals surface area contributed by atoms with Gasteiger partial charge >= 0.3 is 12.2 Å². The summed E-state index contributed by atoms with van der Waals surface area (Å²) in [6.07, 6.45) is 5.02. The summed E-state index contributed by atoms with van der Waals surface area (Å²) in [4.78, 5) is 46.1. The van der Waals surface area contributed by atoms with Crippen LogP contribution in [0.3, 0.4) is 0 Å². The number of nitrogens with one attached hydrogen (secondary N) is 2. The van der Waals surface area contributed by atoms with E-state index in [2.05, 4.69) is 40.3 Å². The Morgan fingerprint density at radius 3 is 1.70 bits per heavy atom. The summed E-state index contributed by atoms with van der Waals surface area (Å²) in [7, 11) is 0. The molecule has 0 spiro atoms. The third-order valence-corrected chi connectivity index (χ3v) is 10.2. The second-order valence-electron chi connectivity index (χ2n) is 16.2. The average molecular weight is 674 g/mol. The first-order valence-corrected chi connectivity index (χ1v) is 17.6. The van der Waals surface area contributed by atoms with Crippen molar-refractivity contribution in [1.82, 2.24) is 29.7 Å². The molecule has 0 bridgehead atoms. The second kappa shape index (κ2) is 11.5. The van der Waals surface area contributed by atoms with E-state index in [4.69, 9.17) is 19.4 Å². The average Bonchev–Trinajstić information content (AvgIpc) is 3.68. The standard InChI is InChI=1S/C39H43N7O4/c1-38(2,3)49-36(47)45-29-15-25(29)17-31(45)34-41-20-28(43-34)23-11-7-21(8-12-23)22-9-13-24(14-10-22)33-27(19-40)42-35(44-33)32-18-26-16-30(26)46(32)37(48)50-39(4,5)6/h7-14,20,25-26,29-32H,15-18H2,1-6H3,(H,41,43)(H,42,44)/t25-,26-,29-,30-,31+,32+/m1/s1. The number of carbonyl (C=O) groups is 2. The van der Waals surface area contributed by atoms with Gasteiger partial charge in [-0.15, -0.1) is 0 Å². The Morgan fingerprint density at radius 1 is 0.720 bits per heavy atom. The number of nitrogens with zero attached hydrogens (tertiary/aromatic N) is 5. The number of likely N-dealkylation sites (tertiary alicyclic amines) is 2. The van der Waals surface area contributed by atoms with E-state index in [9.17, 15) is 14.9 Å². The molecule has 2 amide bonds. The molecule has 2 saturated carbocycles. The van der Waals surface area contributed by atoms with Crippen LogP contribution in [0.25, 0.3) is 33.6 Å². The normalized spacial score (nSPS) is 25.1. The first-order chi connectivity index (χ1) is 23.8. The van der Waals surface area contributed by atoms with E-state index >= 15 is 0 Å². The first kappa shape index (κ1) is 32.1. The Labute approximate surface area is 292 Å². The van der Waals surface area contributed by atoms with Crippen molar-refractivity contribution in [3.8, 4) is 39.7 Å². The maximum absolute atomic E-state index is 13.1. The van der Waals surface area contributed by atoms with Gasteiger partial charge in [0.1, 0.15) is 40.3 Å². The molecule has 258 valence electrons. The summed E-state index contributed by atoms with van der Waals surface area (Å²) >= 11 is 0. The molecule has 0 unspecified atom stereocenters. The smallest absolute Gasteiger partial charge is 0.411 e. The Morgan fingerprint density at radius 2 is 1.20 bits per heavy atom. The van der Waals surface area contributed by atoms with Crippen molar-refractivity contribution in [3.63, 3.8) is 0 Å². The van der Waals surface area contributed by atoms with Crippen LogP contribution in [0.2, 0.25) is 0 Å². The van der Waals surface area contributed by atoms with Crippen LogP contribution in [0.1, 0.15) is 96.7 Å². The maximum Gasteiger partial charge on any atom is 0.411 e. The molecule has 8 rings (SSSR count). The van der Waals surface area contributed by atoms with Crippen LogP contribution in [0.5, 0.6) is 0 Å². The molecule has 0 radical (unpaired) electrons. The van der Waals surface area contributed by atoms with Crippen molar-refractivity contribution < 1.29 is 19.1 Å². The molecule has 4 fully saturated rings. The molecule has 4 heterocycles. The molecule has 2 aromatic heterocycles. The molecule has 4 aliphatic rings. The van der Waals surface area contributed by atoms with Crippen molar-refractivity contribution in [3.05, 3.63) is 72.1 Å². The lowest BCUT2D eigenvalue weighted by molar-refractivity contribution is 0.0164. The molecule has 2 aliphatic heterocycles. The topological polar surface area (TPSA) is 140 Å². The fraction of sp³-hybridized carbons (Fsp3) is 0.462. The highest BCUT2D eigenvalue weighted by Gasteiger charge is 2.57. The van der Waals surface area contributed by atoms with Crippen LogP contribution in [-0.4, -0.2) is 65.2 Å².